The number of aliphatic carboxylic acids is 1. The average molecular weight is 212 g/mol. The van der Waals surface area contributed by atoms with Crippen LogP contribution in [-0.2, 0) is 4.79 Å². The molecule has 1 unspecified atom stereocenters. The number of carboxylic acid groups (broad SMARTS) is 1. The van der Waals surface area contributed by atoms with Crippen molar-refractivity contribution in [1.29, 1.82) is 0 Å². The smallest absolute Gasteiger partial charge is 0.116 e. The lowest BCUT2D eigenvalue weighted by Crippen LogP contribution is -2.50. The van der Waals surface area contributed by atoms with Crippen molar-refractivity contribution >= 4 is 18.4 Å². The average Bonchev–Trinajstić information content (AvgIpc) is 1.48. The van der Waals surface area contributed by atoms with Gasteiger partial charge in [0.15, 0.2) is 0 Å². The fourth-order valence-corrected chi connectivity index (χ4v) is 1.39. The quantitative estimate of drug-likeness (QED) is 0.608. The lowest BCUT2D eigenvalue weighted by Gasteiger charge is -2.33. The van der Waals surface area contributed by atoms with E-state index in [0.29, 0.717) is 11.0 Å². The van der Waals surface area contributed by atoms with E-state index in [1.807, 2.05) is 21.1 Å². The second-order valence-electron chi connectivity index (χ2n) is 4.49. The molecule has 0 fully saturated rings. The van der Waals surface area contributed by atoms with E-state index in [1.165, 1.54) is 6.92 Å². The highest BCUT2D eigenvalue weighted by atomic mass is 35.5. The minimum Gasteiger partial charge on any atom is -0.550 e. The van der Waals surface area contributed by atoms with Crippen molar-refractivity contribution in [3.8, 4) is 0 Å². The summed E-state index contributed by atoms with van der Waals surface area (Å²) in [5, 5.41) is 19.8. The van der Waals surface area contributed by atoms with Crippen LogP contribution in [0.4, 0.5) is 0 Å². The number of hydrogen-bond donors (Lipinski definition) is 1. The first-order valence-electron chi connectivity index (χ1n) is 3.85. The van der Waals surface area contributed by atoms with Crippen LogP contribution in [0.2, 0.25) is 0 Å². The summed E-state index contributed by atoms with van der Waals surface area (Å²) in [6.45, 7) is 1.90. The number of carbonyl (C=O) groups excluding carboxylic acids is 1. The highest BCUT2D eigenvalue weighted by molar-refractivity contribution is 5.85. The van der Waals surface area contributed by atoms with Crippen molar-refractivity contribution in [1.82, 2.24) is 0 Å². The normalized spacial score (nSPS) is 15.8. The number of quaternary nitrogens is 1. The van der Waals surface area contributed by atoms with E-state index in [0.717, 1.165) is 0 Å². The zero-order valence-corrected chi connectivity index (χ0v) is 9.35. The first-order chi connectivity index (χ1) is 5.12. The summed E-state index contributed by atoms with van der Waals surface area (Å²) in [6, 6.07) is 0. The van der Waals surface area contributed by atoms with Crippen LogP contribution in [0.5, 0.6) is 0 Å². The Balaban J connectivity index is 0. The summed E-state index contributed by atoms with van der Waals surface area (Å²) < 4.78 is 0.528. The number of nitrogens with zero attached hydrogens (tertiary/aromatic N) is 1. The molecule has 1 N–H and O–H groups in total. The zero-order valence-electron chi connectivity index (χ0n) is 8.53. The predicted molar refractivity (Wildman–Crippen MR) is 50.4 cm³/mol. The second kappa shape index (κ2) is 4.79. The number of aliphatic hydroxyl groups is 1. The largest absolute Gasteiger partial charge is 0.550 e. The molecule has 5 heteroatoms. The molecule has 0 aromatic heterocycles. The predicted octanol–water partition coefficient (Wildman–Crippen LogP) is -0.995. The van der Waals surface area contributed by atoms with Crippen LogP contribution < -0.4 is 5.11 Å². The Morgan fingerprint density at radius 3 is 2.08 bits per heavy atom. The molecule has 0 radical (unpaired) electrons. The van der Waals surface area contributed by atoms with Crippen LogP contribution in [0, 0.1) is 0 Å². The first-order valence-corrected chi connectivity index (χ1v) is 3.85. The third-order valence-corrected chi connectivity index (χ3v) is 1.34. The van der Waals surface area contributed by atoms with Gasteiger partial charge in [-0.15, -0.1) is 12.4 Å². The molecule has 13 heavy (non-hydrogen) atoms. The standard InChI is InChI=1S/C8H17NO3.ClH/c1-8(12,5-7(10)11)6-9(2,3)4;/h12H,5-6H2,1-4H3;1H. The number of carbonyl (C=O) groups is 1. The van der Waals surface area contributed by atoms with Crippen molar-refractivity contribution in [3.63, 3.8) is 0 Å². The molecule has 0 rings (SSSR count). The van der Waals surface area contributed by atoms with E-state index < -0.39 is 11.6 Å². The lowest BCUT2D eigenvalue weighted by molar-refractivity contribution is -0.876. The Morgan fingerprint density at radius 1 is 1.46 bits per heavy atom. The summed E-state index contributed by atoms with van der Waals surface area (Å²) in [7, 11) is 5.68. The Hall–Kier alpha value is -0.320. The van der Waals surface area contributed by atoms with Crippen molar-refractivity contribution < 1.29 is 19.5 Å². The van der Waals surface area contributed by atoms with Crippen LogP contribution in [0.15, 0.2) is 0 Å². The minimum atomic E-state index is -1.21. The molecule has 0 saturated heterocycles. The number of rotatable bonds is 4. The Morgan fingerprint density at radius 2 is 1.85 bits per heavy atom. The maximum absolute atomic E-state index is 10.2. The van der Waals surface area contributed by atoms with Crippen LogP contribution in [0.3, 0.4) is 0 Å². The van der Waals surface area contributed by atoms with Crippen LogP contribution in [0.25, 0.3) is 0 Å². The van der Waals surface area contributed by atoms with Crippen molar-refractivity contribution in [2.75, 3.05) is 27.7 Å². The summed E-state index contributed by atoms with van der Waals surface area (Å²) in [6.07, 6.45) is -0.317. The number of likely N-dealkylation sites (N-methyl/N-ethyl adjacent to an activating group) is 1. The molecule has 0 aromatic rings. The third-order valence-electron chi connectivity index (χ3n) is 1.34. The summed E-state index contributed by atoms with van der Waals surface area (Å²) >= 11 is 0. The maximum Gasteiger partial charge on any atom is 0.116 e. The van der Waals surface area contributed by atoms with E-state index in [2.05, 4.69) is 0 Å². The van der Waals surface area contributed by atoms with Crippen LogP contribution >= 0.6 is 12.4 Å². The number of hydrogen-bond acceptors (Lipinski definition) is 3. The van der Waals surface area contributed by atoms with Crippen molar-refractivity contribution in [3.05, 3.63) is 0 Å². The SMILES string of the molecule is CC(O)(CC(=O)[O-])C[N+](C)(C)C.Cl. The van der Waals surface area contributed by atoms with Crippen LogP contribution in [0.1, 0.15) is 13.3 Å². The third kappa shape index (κ3) is 9.60. The molecule has 0 spiro atoms. The van der Waals surface area contributed by atoms with E-state index in [-0.39, 0.29) is 18.8 Å². The molecular weight excluding hydrogens is 194 g/mol. The summed E-state index contributed by atoms with van der Waals surface area (Å²) in [5.74, 6) is -1.21. The maximum atomic E-state index is 10.2. The highest BCUT2D eigenvalue weighted by Gasteiger charge is 2.28. The second-order valence-corrected chi connectivity index (χ2v) is 4.49. The highest BCUT2D eigenvalue weighted by Crippen LogP contribution is 2.12. The molecule has 1 atom stereocenters. The van der Waals surface area contributed by atoms with Gasteiger partial charge >= 0.3 is 0 Å². The minimum absolute atomic E-state index is 0. The van der Waals surface area contributed by atoms with Gasteiger partial charge in [-0.3, -0.25) is 0 Å². The number of halogens is 1. The van der Waals surface area contributed by atoms with E-state index in [9.17, 15) is 15.0 Å². The monoisotopic (exact) mass is 211 g/mol. The molecule has 0 bridgehead atoms. The fourth-order valence-electron chi connectivity index (χ4n) is 1.39. The molecule has 4 nitrogen and oxygen atoms in total. The fraction of sp³-hybridized carbons (Fsp3) is 0.875. The molecule has 0 heterocycles. The molecule has 0 aromatic carbocycles. The van der Waals surface area contributed by atoms with Gasteiger partial charge in [-0.25, -0.2) is 0 Å². The lowest BCUT2D eigenvalue weighted by atomic mass is 10.0. The molecule has 0 aliphatic heterocycles. The van der Waals surface area contributed by atoms with E-state index >= 15 is 0 Å². The Kier molecular flexibility index (Phi) is 5.59. The zero-order chi connectivity index (χ0) is 9.99. The van der Waals surface area contributed by atoms with E-state index in [4.69, 9.17) is 0 Å². The van der Waals surface area contributed by atoms with Crippen molar-refractivity contribution in [2.45, 2.75) is 18.9 Å². The molecule has 0 aliphatic rings. The van der Waals surface area contributed by atoms with Gasteiger partial charge in [0.25, 0.3) is 0 Å². The Bertz CT molecular complexity index is 175. The van der Waals surface area contributed by atoms with Crippen molar-refractivity contribution in [2.24, 2.45) is 0 Å². The Labute approximate surface area is 85.2 Å². The summed E-state index contributed by atoms with van der Waals surface area (Å²) in [4.78, 5) is 10.2. The van der Waals surface area contributed by atoms with Gasteiger partial charge in [-0.1, -0.05) is 0 Å². The van der Waals surface area contributed by atoms with Gasteiger partial charge in [0, 0.05) is 12.4 Å². The van der Waals surface area contributed by atoms with Gasteiger partial charge < -0.3 is 19.5 Å². The topological polar surface area (TPSA) is 60.4 Å². The number of carboxylic acids is 1. The molecule has 0 amide bonds. The van der Waals surface area contributed by atoms with Gasteiger partial charge in [-0.05, 0) is 6.92 Å². The van der Waals surface area contributed by atoms with Gasteiger partial charge in [0.05, 0.1) is 21.1 Å². The molecule has 0 saturated carbocycles. The molecule has 0 aliphatic carbocycles. The molecule has 80 valence electrons. The van der Waals surface area contributed by atoms with Gasteiger partial charge in [0.1, 0.15) is 12.1 Å². The van der Waals surface area contributed by atoms with Gasteiger partial charge in [0.2, 0.25) is 0 Å². The van der Waals surface area contributed by atoms with Crippen LogP contribution in [-0.4, -0.2) is 48.8 Å². The molecular formula is C8H18ClNO3. The van der Waals surface area contributed by atoms with E-state index in [1.54, 1.807) is 0 Å². The summed E-state index contributed by atoms with van der Waals surface area (Å²) in [5.41, 5.74) is -1.18. The van der Waals surface area contributed by atoms with Gasteiger partial charge in [-0.2, -0.15) is 0 Å². The first kappa shape index (κ1) is 15.2.